The Morgan fingerprint density at radius 1 is 1.56 bits per heavy atom. The first kappa shape index (κ1) is 11.4. The topological polar surface area (TPSA) is 84.2 Å². The molecular formula is C11H19N3O2. The van der Waals surface area contributed by atoms with Crippen molar-refractivity contribution in [1.29, 1.82) is 0 Å². The lowest BCUT2D eigenvalue weighted by Crippen LogP contribution is -2.44. The Hall–Kier alpha value is -1.10. The van der Waals surface area contributed by atoms with Gasteiger partial charge in [-0.1, -0.05) is 6.42 Å². The van der Waals surface area contributed by atoms with Crippen LogP contribution in [0.5, 0.6) is 0 Å². The minimum Gasteiger partial charge on any atom is -0.354 e. The summed E-state index contributed by atoms with van der Waals surface area (Å²) < 4.78 is 0. The average Bonchev–Trinajstić information content (AvgIpc) is 2.57. The molecule has 0 aromatic rings. The summed E-state index contributed by atoms with van der Waals surface area (Å²) >= 11 is 0. The third-order valence-electron chi connectivity index (χ3n) is 3.73. The largest absolute Gasteiger partial charge is 0.354 e. The van der Waals surface area contributed by atoms with Crippen molar-refractivity contribution in [2.45, 2.75) is 38.1 Å². The monoisotopic (exact) mass is 225 g/mol. The second-order valence-corrected chi connectivity index (χ2v) is 5.01. The van der Waals surface area contributed by atoms with E-state index < -0.39 is 0 Å². The molecule has 90 valence electrons. The van der Waals surface area contributed by atoms with Crippen LogP contribution in [0.15, 0.2) is 0 Å². The highest BCUT2D eigenvalue weighted by Crippen LogP contribution is 2.42. The van der Waals surface area contributed by atoms with E-state index in [1.54, 1.807) is 0 Å². The number of rotatable bonds is 4. The zero-order valence-corrected chi connectivity index (χ0v) is 9.42. The zero-order valence-electron chi connectivity index (χ0n) is 9.42. The van der Waals surface area contributed by atoms with Crippen LogP contribution < -0.4 is 16.4 Å². The summed E-state index contributed by atoms with van der Waals surface area (Å²) in [5.41, 5.74) is 5.74. The Balaban J connectivity index is 1.78. The Labute approximate surface area is 95.1 Å². The number of nitrogens with one attached hydrogen (secondary N) is 2. The lowest BCUT2D eigenvalue weighted by Gasteiger charge is -2.40. The Morgan fingerprint density at radius 3 is 2.75 bits per heavy atom. The molecular weight excluding hydrogens is 206 g/mol. The average molecular weight is 225 g/mol. The fraction of sp³-hybridized carbons (Fsp3) is 0.818. The highest BCUT2D eigenvalue weighted by Gasteiger charge is 2.38. The second-order valence-electron chi connectivity index (χ2n) is 5.01. The van der Waals surface area contributed by atoms with Crippen molar-refractivity contribution < 1.29 is 9.59 Å². The van der Waals surface area contributed by atoms with Crippen molar-refractivity contribution >= 4 is 11.8 Å². The standard InChI is InChI=1S/C11H19N3O2/c12-7-11(2-1-3-11)5-10(16)14-8-4-9(15)13-6-8/h8H,1-7,12H2,(H,13,15)(H,14,16). The highest BCUT2D eigenvalue weighted by molar-refractivity contribution is 5.82. The van der Waals surface area contributed by atoms with E-state index in [9.17, 15) is 9.59 Å². The molecule has 4 N–H and O–H groups in total. The van der Waals surface area contributed by atoms with Gasteiger partial charge in [-0.15, -0.1) is 0 Å². The van der Waals surface area contributed by atoms with Crippen LogP contribution in [-0.2, 0) is 9.59 Å². The van der Waals surface area contributed by atoms with Crippen molar-refractivity contribution in [3.05, 3.63) is 0 Å². The smallest absolute Gasteiger partial charge is 0.222 e. The summed E-state index contributed by atoms with van der Waals surface area (Å²) in [5, 5.41) is 5.59. The molecule has 1 aliphatic carbocycles. The van der Waals surface area contributed by atoms with Gasteiger partial charge in [0.2, 0.25) is 11.8 Å². The van der Waals surface area contributed by atoms with Gasteiger partial charge in [0.25, 0.3) is 0 Å². The SMILES string of the molecule is NCC1(CC(=O)NC2CNC(=O)C2)CCC1. The molecule has 2 fully saturated rings. The zero-order chi connectivity index (χ0) is 11.6. The molecule has 1 atom stereocenters. The molecule has 1 heterocycles. The van der Waals surface area contributed by atoms with E-state index in [0.29, 0.717) is 25.9 Å². The minimum atomic E-state index is -0.0325. The van der Waals surface area contributed by atoms with Crippen LogP contribution in [0.1, 0.15) is 32.1 Å². The molecule has 0 radical (unpaired) electrons. The summed E-state index contributed by atoms with van der Waals surface area (Å²) in [4.78, 5) is 22.7. The third kappa shape index (κ3) is 2.35. The van der Waals surface area contributed by atoms with Gasteiger partial charge in [-0.25, -0.2) is 0 Å². The van der Waals surface area contributed by atoms with Crippen molar-refractivity contribution in [3.63, 3.8) is 0 Å². The first-order valence-electron chi connectivity index (χ1n) is 5.90. The molecule has 1 saturated carbocycles. The maximum Gasteiger partial charge on any atom is 0.222 e. The van der Waals surface area contributed by atoms with Gasteiger partial charge < -0.3 is 16.4 Å². The van der Waals surface area contributed by atoms with E-state index in [1.807, 2.05) is 0 Å². The van der Waals surface area contributed by atoms with Crippen molar-refractivity contribution in [3.8, 4) is 0 Å². The summed E-state index contributed by atoms with van der Waals surface area (Å²) in [6, 6.07) is -0.0325. The molecule has 0 aromatic carbocycles. The molecule has 1 saturated heterocycles. The minimum absolute atomic E-state index is 0.0162. The molecule has 2 amide bonds. The summed E-state index contributed by atoms with van der Waals surface area (Å²) in [5.74, 6) is 0.0501. The van der Waals surface area contributed by atoms with Crippen molar-refractivity contribution in [2.24, 2.45) is 11.1 Å². The van der Waals surface area contributed by atoms with E-state index in [4.69, 9.17) is 5.73 Å². The van der Waals surface area contributed by atoms with Crippen LogP contribution in [0.2, 0.25) is 0 Å². The van der Waals surface area contributed by atoms with E-state index in [2.05, 4.69) is 10.6 Å². The number of carbonyl (C=O) groups is 2. The number of nitrogens with two attached hydrogens (primary N) is 1. The fourth-order valence-corrected chi connectivity index (χ4v) is 2.46. The van der Waals surface area contributed by atoms with E-state index in [0.717, 1.165) is 12.8 Å². The van der Waals surface area contributed by atoms with Crippen LogP contribution >= 0.6 is 0 Å². The Morgan fingerprint density at radius 2 is 2.31 bits per heavy atom. The molecule has 0 bridgehead atoms. The first-order valence-corrected chi connectivity index (χ1v) is 5.90. The molecule has 0 spiro atoms. The van der Waals surface area contributed by atoms with E-state index in [1.165, 1.54) is 6.42 Å². The van der Waals surface area contributed by atoms with Crippen LogP contribution in [-0.4, -0.2) is 30.9 Å². The molecule has 2 rings (SSSR count). The summed E-state index contributed by atoms with van der Waals surface area (Å²) in [6.45, 7) is 1.14. The molecule has 2 aliphatic rings. The number of hydrogen-bond donors (Lipinski definition) is 3. The fourth-order valence-electron chi connectivity index (χ4n) is 2.46. The van der Waals surface area contributed by atoms with Crippen molar-refractivity contribution in [2.75, 3.05) is 13.1 Å². The van der Waals surface area contributed by atoms with Gasteiger partial charge in [0.1, 0.15) is 0 Å². The highest BCUT2D eigenvalue weighted by atomic mass is 16.2. The molecule has 5 nitrogen and oxygen atoms in total. The number of amides is 2. The summed E-state index contributed by atoms with van der Waals surface area (Å²) in [7, 11) is 0. The number of carbonyl (C=O) groups excluding carboxylic acids is 2. The third-order valence-corrected chi connectivity index (χ3v) is 3.73. The van der Waals surface area contributed by atoms with Gasteiger partial charge >= 0.3 is 0 Å². The van der Waals surface area contributed by atoms with Gasteiger partial charge in [-0.2, -0.15) is 0 Å². The Kier molecular flexibility index (Phi) is 3.14. The predicted molar refractivity (Wildman–Crippen MR) is 59.5 cm³/mol. The van der Waals surface area contributed by atoms with Gasteiger partial charge in [-0.05, 0) is 24.8 Å². The maximum atomic E-state index is 11.8. The molecule has 1 aliphatic heterocycles. The lowest BCUT2D eigenvalue weighted by atomic mass is 9.66. The van der Waals surface area contributed by atoms with E-state index in [-0.39, 0.29) is 23.3 Å². The number of hydrogen-bond acceptors (Lipinski definition) is 3. The van der Waals surface area contributed by atoms with Crippen LogP contribution in [0.25, 0.3) is 0 Å². The van der Waals surface area contributed by atoms with Gasteiger partial charge in [0.05, 0.1) is 6.04 Å². The Bertz CT molecular complexity index is 294. The molecule has 0 aromatic heterocycles. The van der Waals surface area contributed by atoms with Crippen LogP contribution in [0.4, 0.5) is 0 Å². The quantitative estimate of drug-likeness (QED) is 0.603. The second kappa shape index (κ2) is 4.41. The van der Waals surface area contributed by atoms with Crippen LogP contribution in [0.3, 0.4) is 0 Å². The predicted octanol–water partition coefficient (Wildman–Crippen LogP) is -0.490. The van der Waals surface area contributed by atoms with Gasteiger partial charge in [-0.3, -0.25) is 9.59 Å². The van der Waals surface area contributed by atoms with Crippen molar-refractivity contribution in [1.82, 2.24) is 10.6 Å². The molecule has 1 unspecified atom stereocenters. The van der Waals surface area contributed by atoms with Gasteiger partial charge in [0.15, 0.2) is 0 Å². The van der Waals surface area contributed by atoms with Gasteiger partial charge in [0, 0.05) is 19.4 Å². The first-order chi connectivity index (χ1) is 7.63. The lowest BCUT2D eigenvalue weighted by molar-refractivity contribution is -0.125. The maximum absolute atomic E-state index is 11.8. The van der Waals surface area contributed by atoms with E-state index >= 15 is 0 Å². The molecule has 5 heteroatoms. The normalized spacial score (nSPS) is 27.1. The molecule has 16 heavy (non-hydrogen) atoms. The van der Waals surface area contributed by atoms with Crippen LogP contribution in [0, 0.1) is 5.41 Å². The summed E-state index contributed by atoms with van der Waals surface area (Å²) in [6.07, 6.45) is 4.20.